The van der Waals surface area contributed by atoms with Crippen LogP contribution in [0.1, 0.15) is 204 Å². The highest BCUT2D eigenvalue weighted by Crippen LogP contribution is 2.39. The van der Waals surface area contributed by atoms with Crippen molar-refractivity contribution in [3.63, 3.8) is 0 Å². The van der Waals surface area contributed by atoms with Gasteiger partial charge < -0.3 is 35.4 Å². The van der Waals surface area contributed by atoms with Crippen molar-refractivity contribution in [1.29, 1.82) is 0 Å². The molecule has 7 nitrogen and oxygen atoms in total. The minimum atomic E-state index is -0.840. The van der Waals surface area contributed by atoms with Gasteiger partial charge in [0, 0.05) is 0 Å². The standard InChI is InChI=1S/C45H84O7/c1-36(19-12-21-38(3)24-35-46)18-11-20-37(2)22-13-25-41(6,48)26-14-27-42(7,49)28-15-29-43(8,50)30-16-31-44(9,51)32-17-33-45(10)34-23-39(52-45)40(4,5)47/h19-20,24,39,46-51H,11-18,21-23,25-35H2,1-10H3/b36-19+,37-20+,38-24+. The first-order valence-corrected chi connectivity index (χ1v) is 20.8. The third kappa shape index (κ3) is 23.0. The predicted molar refractivity (Wildman–Crippen MR) is 217 cm³/mol. The fourth-order valence-corrected chi connectivity index (χ4v) is 7.77. The third-order valence-electron chi connectivity index (χ3n) is 11.7. The zero-order chi connectivity index (χ0) is 39.7. The molecule has 7 heteroatoms. The fraction of sp³-hybridized carbons (Fsp3) is 0.867. The Labute approximate surface area is 320 Å². The van der Waals surface area contributed by atoms with E-state index in [0.717, 1.165) is 89.9 Å². The van der Waals surface area contributed by atoms with E-state index in [2.05, 4.69) is 39.8 Å². The van der Waals surface area contributed by atoms with E-state index in [0.29, 0.717) is 44.9 Å². The normalized spacial score (nSPS) is 24.0. The van der Waals surface area contributed by atoms with Crippen LogP contribution in [0.4, 0.5) is 0 Å². The number of aliphatic hydroxyl groups excluding tert-OH is 1. The Kier molecular flexibility index (Phi) is 21.2. The molecule has 0 amide bonds. The lowest BCUT2D eigenvalue weighted by Crippen LogP contribution is -2.38. The number of rotatable bonds is 28. The van der Waals surface area contributed by atoms with Crippen LogP contribution in [0.15, 0.2) is 34.9 Å². The Hall–Kier alpha value is -1.06. The molecule has 52 heavy (non-hydrogen) atoms. The average molecular weight is 737 g/mol. The molecule has 306 valence electrons. The van der Waals surface area contributed by atoms with Crippen LogP contribution in [0.2, 0.25) is 0 Å². The van der Waals surface area contributed by atoms with Gasteiger partial charge in [-0.25, -0.2) is 0 Å². The molecule has 1 aliphatic heterocycles. The van der Waals surface area contributed by atoms with Crippen molar-refractivity contribution in [3.05, 3.63) is 34.9 Å². The lowest BCUT2D eigenvalue weighted by Gasteiger charge is -2.32. The molecule has 0 spiro atoms. The van der Waals surface area contributed by atoms with Gasteiger partial charge in [-0.05, 0) is 204 Å². The van der Waals surface area contributed by atoms with Crippen molar-refractivity contribution in [2.45, 2.75) is 244 Å². The van der Waals surface area contributed by atoms with Crippen LogP contribution in [-0.4, -0.2) is 77.0 Å². The van der Waals surface area contributed by atoms with Crippen LogP contribution in [0.5, 0.6) is 0 Å². The lowest BCUT2D eigenvalue weighted by molar-refractivity contribution is -0.119. The highest BCUT2D eigenvalue weighted by atomic mass is 16.5. The number of allylic oxidation sites excluding steroid dienone is 5. The summed E-state index contributed by atoms with van der Waals surface area (Å²) in [6.07, 6.45) is 23.2. The highest BCUT2D eigenvalue weighted by molar-refractivity contribution is 5.06. The van der Waals surface area contributed by atoms with Crippen molar-refractivity contribution >= 4 is 0 Å². The quantitative estimate of drug-likeness (QED) is 0.0441. The number of ether oxygens (including phenoxy) is 1. The molecule has 0 aliphatic carbocycles. The topological polar surface area (TPSA) is 131 Å². The van der Waals surface area contributed by atoms with E-state index in [-0.39, 0.29) is 18.3 Å². The second-order valence-electron chi connectivity index (χ2n) is 18.9. The maximum atomic E-state index is 11.0. The molecule has 1 fully saturated rings. The summed E-state index contributed by atoms with van der Waals surface area (Å²) in [7, 11) is 0. The average Bonchev–Trinajstić information content (AvgIpc) is 3.39. The third-order valence-corrected chi connectivity index (χ3v) is 11.7. The van der Waals surface area contributed by atoms with Gasteiger partial charge in [-0.15, -0.1) is 0 Å². The van der Waals surface area contributed by atoms with Gasteiger partial charge in [-0.3, -0.25) is 0 Å². The highest BCUT2D eigenvalue weighted by Gasteiger charge is 2.42. The molecule has 0 aromatic carbocycles. The van der Waals surface area contributed by atoms with Crippen molar-refractivity contribution in [2.24, 2.45) is 0 Å². The van der Waals surface area contributed by atoms with Crippen LogP contribution < -0.4 is 0 Å². The van der Waals surface area contributed by atoms with Crippen LogP contribution >= 0.6 is 0 Å². The number of aliphatic hydroxyl groups is 6. The first kappa shape index (κ1) is 49.0. The Morgan fingerprint density at radius 2 is 0.942 bits per heavy atom. The van der Waals surface area contributed by atoms with E-state index in [1.807, 2.05) is 33.8 Å². The van der Waals surface area contributed by atoms with Crippen LogP contribution in [-0.2, 0) is 4.74 Å². The molecular weight excluding hydrogens is 652 g/mol. The largest absolute Gasteiger partial charge is 0.392 e. The van der Waals surface area contributed by atoms with E-state index in [1.165, 1.54) is 16.7 Å². The fourth-order valence-electron chi connectivity index (χ4n) is 7.77. The number of hydrogen-bond acceptors (Lipinski definition) is 7. The first-order chi connectivity index (χ1) is 23.9. The Bertz CT molecular complexity index is 1090. The Balaban J connectivity index is 2.27. The van der Waals surface area contributed by atoms with Gasteiger partial charge in [0.1, 0.15) is 0 Å². The van der Waals surface area contributed by atoms with Crippen molar-refractivity contribution in [2.75, 3.05) is 6.61 Å². The molecule has 0 radical (unpaired) electrons. The summed E-state index contributed by atoms with van der Waals surface area (Å²) in [6, 6.07) is 0. The van der Waals surface area contributed by atoms with Crippen molar-refractivity contribution < 1.29 is 35.4 Å². The van der Waals surface area contributed by atoms with E-state index < -0.39 is 28.0 Å². The van der Waals surface area contributed by atoms with Gasteiger partial charge in [0.15, 0.2) is 0 Å². The maximum Gasteiger partial charge on any atom is 0.0864 e. The van der Waals surface area contributed by atoms with Gasteiger partial charge in [-0.1, -0.05) is 34.9 Å². The summed E-state index contributed by atoms with van der Waals surface area (Å²) in [6.45, 7) is 19.8. The molecule has 0 bridgehead atoms. The van der Waals surface area contributed by atoms with E-state index in [4.69, 9.17) is 9.84 Å². The second-order valence-corrected chi connectivity index (χ2v) is 18.9. The zero-order valence-corrected chi connectivity index (χ0v) is 35.5. The van der Waals surface area contributed by atoms with Gasteiger partial charge >= 0.3 is 0 Å². The minimum absolute atomic E-state index is 0.115. The molecule has 0 aromatic rings. The summed E-state index contributed by atoms with van der Waals surface area (Å²) in [5.74, 6) is 0. The zero-order valence-electron chi connectivity index (χ0n) is 35.5. The predicted octanol–water partition coefficient (Wildman–Crippen LogP) is 9.94. The van der Waals surface area contributed by atoms with Crippen LogP contribution in [0, 0.1) is 0 Å². The summed E-state index contributed by atoms with van der Waals surface area (Å²) >= 11 is 0. The van der Waals surface area contributed by atoms with Gasteiger partial charge in [0.05, 0.1) is 46.3 Å². The van der Waals surface area contributed by atoms with E-state index in [9.17, 15) is 25.5 Å². The first-order valence-electron chi connectivity index (χ1n) is 20.8. The molecule has 0 aromatic heterocycles. The molecule has 1 rings (SSSR count). The van der Waals surface area contributed by atoms with Gasteiger partial charge in [0.25, 0.3) is 0 Å². The molecule has 1 heterocycles. The monoisotopic (exact) mass is 737 g/mol. The van der Waals surface area contributed by atoms with E-state index in [1.54, 1.807) is 13.8 Å². The molecule has 6 atom stereocenters. The molecule has 1 saturated heterocycles. The van der Waals surface area contributed by atoms with Crippen molar-refractivity contribution in [3.8, 4) is 0 Å². The summed E-state index contributed by atoms with van der Waals surface area (Å²) < 4.78 is 6.20. The molecule has 0 saturated carbocycles. The molecule has 1 aliphatic rings. The summed E-state index contributed by atoms with van der Waals surface area (Å²) in [5, 5.41) is 63.4. The van der Waals surface area contributed by atoms with E-state index >= 15 is 0 Å². The minimum Gasteiger partial charge on any atom is -0.392 e. The van der Waals surface area contributed by atoms with Crippen LogP contribution in [0.3, 0.4) is 0 Å². The van der Waals surface area contributed by atoms with Gasteiger partial charge in [0.2, 0.25) is 0 Å². The molecular formula is C45H84O7. The smallest absolute Gasteiger partial charge is 0.0864 e. The Morgan fingerprint density at radius 3 is 1.33 bits per heavy atom. The molecule has 6 unspecified atom stereocenters. The maximum absolute atomic E-state index is 11.0. The summed E-state index contributed by atoms with van der Waals surface area (Å²) in [5.41, 5.74) is -0.291. The Morgan fingerprint density at radius 1 is 0.577 bits per heavy atom. The second kappa shape index (κ2) is 22.5. The lowest BCUT2D eigenvalue weighted by atomic mass is 9.84. The summed E-state index contributed by atoms with van der Waals surface area (Å²) in [4.78, 5) is 0. The van der Waals surface area contributed by atoms with Gasteiger partial charge in [-0.2, -0.15) is 0 Å². The molecule has 6 N–H and O–H groups in total. The number of hydrogen-bond donors (Lipinski definition) is 6. The van der Waals surface area contributed by atoms with Crippen LogP contribution in [0.25, 0.3) is 0 Å². The SMILES string of the molecule is C/C(=C\CO)CC/C=C(\C)CC/C=C(\C)CCCC(C)(O)CCCC(C)(O)CCCC(C)(O)CCCC(C)(O)CCCC1(C)CCC(C(C)(C)O)O1. The van der Waals surface area contributed by atoms with Crippen molar-refractivity contribution in [1.82, 2.24) is 0 Å².